The van der Waals surface area contributed by atoms with E-state index in [0.717, 1.165) is 18.4 Å². The minimum absolute atomic E-state index is 0.0190. The first-order valence-electron chi connectivity index (χ1n) is 8.44. The molecule has 2 amide bonds. The fourth-order valence-electron chi connectivity index (χ4n) is 3.23. The second kappa shape index (κ2) is 7.57. The molecule has 1 aromatic rings. The number of thioether (sulfide) groups is 1. The van der Waals surface area contributed by atoms with E-state index in [9.17, 15) is 14.7 Å². The maximum absolute atomic E-state index is 12.8. The van der Waals surface area contributed by atoms with Crippen molar-refractivity contribution in [1.29, 1.82) is 0 Å². The van der Waals surface area contributed by atoms with E-state index in [0.29, 0.717) is 32.1 Å². The number of hydrogen-bond donors (Lipinski definition) is 1. The molecule has 1 saturated carbocycles. The van der Waals surface area contributed by atoms with Crippen molar-refractivity contribution >= 4 is 23.6 Å². The van der Waals surface area contributed by atoms with Gasteiger partial charge in [0.2, 0.25) is 11.8 Å². The highest BCUT2D eigenvalue weighted by Gasteiger charge is 2.42. The fraction of sp³-hybridized carbons (Fsp3) is 0.556. The Bertz CT molecular complexity index is 601. The van der Waals surface area contributed by atoms with Crippen LogP contribution in [-0.2, 0) is 16.1 Å². The standard InChI is InChI=1S/C18H24N2O3S/c1-24-16-6-2-13(3-7-16)11-19(8-9-21)18(23)14-10-17(22)20(12-14)15-4-5-15/h2-3,6-7,14-15,21H,4-5,8-12H2,1H3/t14-/m1/s1. The number of rotatable bonds is 7. The molecule has 1 aliphatic carbocycles. The van der Waals surface area contributed by atoms with Crippen LogP contribution in [0.5, 0.6) is 0 Å². The van der Waals surface area contributed by atoms with E-state index in [1.54, 1.807) is 16.7 Å². The molecule has 0 spiro atoms. The zero-order valence-electron chi connectivity index (χ0n) is 14.0. The zero-order chi connectivity index (χ0) is 17.1. The molecule has 3 rings (SSSR count). The number of nitrogens with zero attached hydrogens (tertiary/aromatic N) is 2. The van der Waals surface area contributed by atoms with Gasteiger partial charge in [0.1, 0.15) is 0 Å². The second-order valence-electron chi connectivity index (χ2n) is 6.51. The number of likely N-dealkylation sites (tertiary alicyclic amines) is 1. The lowest BCUT2D eigenvalue weighted by Gasteiger charge is -2.25. The van der Waals surface area contributed by atoms with Crippen LogP contribution in [0.3, 0.4) is 0 Å². The van der Waals surface area contributed by atoms with Crippen LogP contribution in [-0.4, -0.2) is 58.7 Å². The molecule has 1 atom stereocenters. The van der Waals surface area contributed by atoms with Crippen LogP contribution in [0, 0.1) is 5.92 Å². The monoisotopic (exact) mass is 348 g/mol. The average molecular weight is 348 g/mol. The van der Waals surface area contributed by atoms with Crippen LogP contribution in [0.15, 0.2) is 29.2 Å². The molecular formula is C18H24N2O3S. The van der Waals surface area contributed by atoms with Crippen molar-refractivity contribution in [3.63, 3.8) is 0 Å². The molecule has 2 fully saturated rings. The van der Waals surface area contributed by atoms with Crippen LogP contribution in [0.25, 0.3) is 0 Å². The molecule has 0 unspecified atom stereocenters. The predicted molar refractivity (Wildman–Crippen MR) is 93.6 cm³/mol. The molecule has 24 heavy (non-hydrogen) atoms. The van der Waals surface area contributed by atoms with Crippen molar-refractivity contribution in [2.75, 3.05) is 26.0 Å². The number of carbonyl (C=O) groups is 2. The predicted octanol–water partition coefficient (Wildman–Crippen LogP) is 1.74. The first kappa shape index (κ1) is 17.3. The zero-order valence-corrected chi connectivity index (χ0v) is 14.8. The summed E-state index contributed by atoms with van der Waals surface area (Å²) < 4.78 is 0. The quantitative estimate of drug-likeness (QED) is 0.763. The Hall–Kier alpha value is -1.53. The van der Waals surface area contributed by atoms with Crippen molar-refractivity contribution in [3.05, 3.63) is 29.8 Å². The van der Waals surface area contributed by atoms with E-state index in [1.807, 2.05) is 35.4 Å². The largest absolute Gasteiger partial charge is 0.395 e. The topological polar surface area (TPSA) is 60.9 Å². The molecule has 0 radical (unpaired) electrons. The molecule has 1 heterocycles. The number of hydrogen-bond acceptors (Lipinski definition) is 4. The number of carbonyl (C=O) groups excluding carboxylic acids is 2. The van der Waals surface area contributed by atoms with E-state index >= 15 is 0 Å². The van der Waals surface area contributed by atoms with Gasteiger partial charge in [0.15, 0.2) is 0 Å². The second-order valence-corrected chi connectivity index (χ2v) is 7.39. The Morgan fingerprint density at radius 3 is 2.62 bits per heavy atom. The van der Waals surface area contributed by atoms with Gasteiger partial charge in [0.05, 0.1) is 12.5 Å². The summed E-state index contributed by atoms with van der Waals surface area (Å²) in [7, 11) is 0. The van der Waals surface area contributed by atoms with Crippen LogP contribution in [0.1, 0.15) is 24.8 Å². The van der Waals surface area contributed by atoms with Crippen LogP contribution < -0.4 is 0 Å². The SMILES string of the molecule is CSc1ccc(CN(CCO)C(=O)[C@@H]2CC(=O)N(C3CC3)C2)cc1. The minimum Gasteiger partial charge on any atom is -0.395 e. The first-order chi connectivity index (χ1) is 11.6. The normalized spacial score (nSPS) is 20.5. The smallest absolute Gasteiger partial charge is 0.228 e. The van der Waals surface area contributed by atoms with Crippen molar-refractivity contribution in [3.8, 4) is 0 Å². The highest BCUT2D eigenvalue weighted by Crippen LogP contribution is 2.33. The fourth-order valence-corrected chi connectivity index (χ4v) is 3.64. The third-order valence-corrected chi connectivity index (χ3v) is 5.45. The number of aliphatic hydroxyl groups is 1. The van der Waals surface area contributed by atoms with E-state index in [2.05, 4.69) is 0 Å². The van der Waals surface area contributed by atoms with Gasteiger partial charge in [-0.15, -0.1) is 11.8 Å². The molecule has 130 valence electrons. The third kappa shape index (κ3) is 3.92. The molecule has 1 aliphatic heterocycles. The summed E-state index contributed by atoms with van der Waals surface area (Å²) in [5, 5.41) is 9.32. The molecular weight excluding hydrogens is 324 g/mol. The van der Waals surface area contributed by atoms with Crippen LogP contribution in [0.4, 0.5) is 0 Å². The van der Waals surface area contributed by atoms with Crippen molar-refractivity contribution in [1.82, 2.24) is 9.80 Å². The summed E-state index contributed by atoms with van der Waals surface area (Å²) in [6, 6.07) is 8.46. The lowest BCUT2D eigenvalue weighted by Crippen LogP contribution is -2.39. The van der Waals surface area contributed by atoms with Gasteiger partial charge in [0.25, 0.3) is 0 Å². The first-order valence-corrected chi connectivity index (χ1v) is 9.67. The summed E-state index contributed by atoms with van der Waals surface area (Å²) >= 11 is 1.68. The van der Waals surface area contributed by atoms with Crippen LogP contribution in [0.2, 0.25) is 0 Å². The lowest BCUT2D eigenvalue weighted by molar-refractivity contribution is -0.137. The molecule has 5 nitrogen and oxygen atoms in total. The highest BCUT2D eigenvalue weighted by molar-refractivity contribution is 7.98. The van der Waals surface area contributed by atoms with Crippen molar-refractivity contribution < 1.29 is 14.7 Å². The molecule has 2 aliphatic rings. The van der Waals surface area contributed by atoms with E-state index in [4.69, 9.17) is 0 Å². The van der Waals surface area contributed by atoms with Gasteiger partial charge < -0.3 is 14.9 Å². The molecule has 0 bridgehead atoms. The molecule has 0 aromatic heterocycles. The van der Waals surface area contributed by atoms with Crippen molar-refractivity contribution in [2.24, 2.45) is 5.92 Å². The summed E-state index contributed by atoms with van der Waals surface area (Å²) in [5.74, 6) is -0.186. The Balaban J connectivity index is 1.65. The average Bonchev–Trinajstić information content (AvgIpc) is 3.36. The van der Waals surface area contributed by atoms with Crippen LogP contribution >= 0.6 is 11.8 Å². The molecule has 1 N–H and O–H groups in total. The summed E-state index contributed by atoms with van der Waals surface area (Å²) in [6.07, 6.45) is 4.46. The third-order valence-electron chi connectivity index (χ3n) is 4.71. The lowest BCUT2D eigenvalue weighted by atomic mass is 10.1. The summed E-state index contributed by atoms with van der Waals surface area (Å²) in [5.41, 5.74) is 1.04. The molecule has 1 saturated heterocycles. The highest BCUT2D eigenvalue weighted by atomic mass is 32.2. The van der Waals surface area contributed by atoms with E-state index in [-0.39, 0.29) is 24.3 Å². The summed E-state index contributed by atoms with van der Waals surface area (Å²) in [4.78, 5) is 29.6. The molecule has 1 aromatic carbocycles. The Morgan fingerprint density at radius 2 is 2.04 bits per heavy atom. The number of benzene rings is 1. The molecule has 6 heteroatoms. The minimum atomic E-state index is -0.268. The van der Waals surface area contributed by atoms with Gasteiger partial charge >= 0.3 is 0 Å². The number of amides is 2. The van der Waals surface area contributed by atoms with Gasteiger partial charge in [-0.1, -0.05) is 12.1 Å². The van der Waals surface area contributed by atoms with E-state index < -0.39 is 0 Å². The number of aliphatic hydroxyl groups excluding tert-OH is 1. The van der Waals surface area contributed by atoms with Gasteiger partial charge in [-0.2, -0.15) is 0 Å². The maximum Gasteiger partial charge on any atom is 0.228 e. The van der Waals surface area contributed by atoms with Gasteiger partial charge in [-0.3, -0.25) is 9.59 Å². The van der Waals surface area contributed by atoms with Gasteiger partial charge in [0, 0.05) is 37.0 Å². The Morgan fingerprint density at radius 1 is 1.33 bits per heavy atom. The van der Waals surface area contributed by atoms with Gasteiger partial charge in [-0.05, 0) is 36.8 Å². The maximum atomic E-state index is 12.8. The van der Waals surface area contributed by atoms with Gasteiger partial charge in [-0.25, -0.2) is 0 Å². The van der Waals surface area contributed by atoms with Crippen molar-refractivity contribution in [2.45, 2.75) is 36.7 Å². The Labute approximate surface area is 147 Å². The summed E-state index contributed by atoms with van der Waals surface area (Å²) in [6.45, 7) is 1.25. The Kier molecular flexibility index (Phi) is 5.46. The van der Waals surface area contributed by atoms with E-state index in [1.165, 1.54) is 4.90 Å².